The summed E-state index contributed by atoms with van der Waals surface area (Å²) in [5, 5.41) is 32.5. The summed E-state index contributed by atoms with van der Waals surface area (Å²) in [6.07, 6.45) is 8.65. The van der Waals surface area contributed by atoms with Crippen LogP contribution in [0.3, 0.4) is 0 Å². The molecule has 0 aromatic heterocycles. The molecular formula is C35H56O8. The molecule has 1 rings (SSSR count). The maximum Gasteiger partial charge on any atom is 0.373 e. The predicted molar refractivity (Wildman–Crippen MR) is 170 cm³/mol. The van der Waals surface area contributed by atoms with Crippen molar-refractivity contribution in [3.63, 3.8) is 0 Å². The van der Waals surface area contributed by atoms with Gasteiger partial charge in [-0.05, 0) is 44.3 Å². The molecule has 0 unspecified atom stereocenters. The predicted octanol–water partition coefficient (Wildman–Crippen LogP) is 5.34. The molecule has 8 nitrogen and oxygen atoms in total. The van der Waals surface area contributed by atoms with Crippen molar-refractivity contribution in [3.05, 3.63) is 59.4 Å². The highest BCUT2D eigenvalue weighted by Gasteiger charge is 2.38. The Bertz CT molecular complexity index is 1050. The fourth-order valence-corrected chi connectivity index (χ4v) is 5.43. The van der Waals surface area contributed by atoms with Gasteiger partial charge in [0, 0.05) is 30.8 Å². The van der Waals surface area contributed by atoms with E-state index in [1.54, 1.807) is 32.1 Å². The number of ether oxygens (including phenoxy) is 3. The smallest absolute Gasteiger partial charge is 0.373 e. The fraction of sp³-hybridized carbons (Fsp3) is 0.657. The Balaban J connectivity index is 3.46. The SMILES string of the molecule is COC1=C/C(C)=C/[C@@H](C)[C@@H](O)[C@@H](C)C/C(C)=C\C=C\[C@H](OC)[C@@H]([C@@H](C)[C@@H](O)[C@H](C)C(=O)/C=C/[C@H](C)[C@H](O)C(C)C)OC1=O. The maximum absolute atomic E-state index is 13.4. The first-order valence-electron chi connectivity index (χ1n) is 15.3. The molecule has 43 heavy (non-hydrogen) atoms. The molecule has 10 atom stereocenters. The zero-order valence-electron chi connectivity index (χ0n) is 28.0. The van der Waals surface area contributed by atoms with Gasteiger partial charge in [-0.3, -0.25) is 4.79 Å². The van der Waals surface area contributed by atoms with Crippen molar-refractivity contribution in [1.29, 1.82) is 0 Å². The van der Waals surface area contributed by atoms with Gasteiger partial charge in [0.2, 0.25) is 5.76 Å². The van der Waals surface area contributed by atoms with E-state index >= 15 is 0 Å². The topological polar surface area (TPSA) is 123 Å². The second-order valence-corrected chi connectivity index (χ2v) is 12.6. The molecular weight excluding hydrogens is 548 g/mol. The average Bonchev–Trinajstić information content (AvgIpc) is 2.96. The highest BCUT2D eigenvalue weighted by molar-refractivity contribution is 5.92. The zero-order chi connectivity index (χ0) is 33.0. The summed E-state index contributed by atoms with van der Waals surface area (Å²) in [5.74, 6) is -2.96. The highest BCUT2D eigenvalue weighted by Crippen LogP contribution is 2.27. The molecule has 1 heterocycles. The van der Waals surface area contributed by atoms with Crippen molar-refractivity contribution in [2.75, 3.05) is 14.2 Å². The van der Waals surface area contributed by atoms with Crippen LogP contribution in [0.1, 0.15) is 68.7 Å². The van der Waals surface area contributed by atoms with Crippen LogP contribution in [0.4, 0.5) is 0 Å². The second-order valence-electron chi connectivity index (χ2n) is 12.6. The molecule has 1 aliphatic heterocycles. The van der Waals surface area contributed by atoms with Crippen molar-refractivity contribution >= 4 is 11.8 Å². The van der Waals surface area contributed by atoms with E-state index in [9.17, 15) is 24.9 Å². The summed E-state index contributed by atoms with van der Waals surface area (Å²) in [6.45, 7) is 16.7. The van der Waals surface area contributed by atoms with Gasteiger partial charge in [0.05, 0.1) is 25.4 Å². The third-order valence-corrected chi connectivity index (χ3v) is 8.40. The number of aliphatic hydroxyl groups excluding tert-OH is 3. The van der Waals surface area contributed by atoms with E-state index in [-0.39, 0.29) is 35.2 Å². The standard InChI is InChI=1S/C35H56O8/c1-20(2)31(37)23(5)15-16-28(36)26(8)33(39)27(9)34-29(41-10)14-12-13-21(3)17-24(6)32(38)25(7)18-22(4)19-30(42-11)35(40)43-34/h12-16,18-20,23-27,29,31-34,37-39H,17H2,1-11H3/b14-12+,16-15+,21-13-,22-18+,30-19?/t23-,24-,25+,26+,27-,29-,31+,32-,33-,34+/m0/s1. The van der Waals surface area contributed by atoms with Crippen LogP contribution in [0.15, 0.2) is 59.4 Å². The molecule has 0 bridgehead atoms. The highest BCUT2D eigenvalue weighted by atomic mass is 16.6. The third kappa shape index (κ3) is 11.8. The largest absolute Gasteiger partial charge is 0.490 e. The van der Waals surface area contributed by atoms with Crippen LogP contribution in [0, 0.1) is 35.5 Å². The van der Waals surface area contributed by atoms with Gasteiger partial charge in [-0.15, -0.1) is 0 Å². The van der Waals surface area contributed by atoms with Gasteiger partial charge in [-0.1, -0.05) is 90.0 Å². The molecule has 3 N–H and O–H groups in total. The van der Waals surface area contributed by atoms with Crippen LogP contribution in [0.25, 0.3) is 0 Å². The zero-order valence-corrected chi connectivity index (χ0v) is 28.0. The first-order valence-corrected chi connectivity index (χ1v) is 15.3. The summed E-state index contributed by atoms with van der Waals surface area (Å²) in [4.78, 5) is 26.4. The van der Waals surface area contributed by atoms with Gasteiger partial charge >= 0.3 is 5.97 Å². The molecule has 0 amide bonds. The van der Waals surface area contributed by atoms with Crippen molar-refractivity contribution in [1.82, 2.24) is 0 Å². The Morgan fingerprint density at radius 2 is 1.70 bits per heavy atom. The minimum absolute atomic E-state index is 0.00159. The fourth-order valence-electron chi connectivity index (χ4n) is 5.43. The molecule has 244 valence electrons. The Hall–Kier alpha value is -2.52. The van der Waals surface area contributed by atoms with Crippen LogP contribution in [0.5, 0.6) is 0 Å². The summed E-state index contributed by atoms with van der Waals surface area (Å²) in [5.41, 5.74) is 1.78. The van der Waals surface area contributed by atoms with E-state index in [2.05, 4.69) is 0 Å². The number of carbonyl (C=O) groups excluding carboxylic acids is 2. The van der Waals surface area contributed by atoms with Crippen LogP contribution in [-0.4, -0.2) is 71.8 Å². The Labute approximate surface area is 259 Å². The minimum Gasteiger partial charge on any atom is -0.490 e. The lowest BCUT2D eigenvalue weighted by atomic mass is 9.84. The van der Waals surface area contributed by atoms with Gasteiger partial charge in [0.15, 0.2) is 5.78 Å². The first-order chi connectivity index (χ1) is 20.0. The average molecular weight is 605 g/mol. The maximum atomic E-state index is 13.4. The van der Waals surface area contributed by atoms with Gasteiger partial charge in [0.1, 0.15) is 12.2 Å². The van der Waals surface area contributed by atoms with Gasteiger partial charge in [-0.25, -0.2) is 4.79 Å². The van der Waals surface area contributed by atoms with Crippen LogP contribution in [-0.2, 0) is 23.8 Å². The Morgan fingerprint density at radius 1 is 1.07 bits per heavy atom. The molecule has 0 fully saturated rings. The van der Waals surface area contributed by atoms with Crippen molar-refractivity contribution < 1.29 is 39.1 Å². The van der Waals surface area contributed by atoms with Crippen LogP contribution in [0.2, 0.25) is 0 Å². The van der Waals surface area contributed by atoms with Crippen LogP contribution < -0.4 is 0 Å². The summed E-state index contributed by atoms with van der Waals surface area (Å²) in [7, 11) is 2.86. The van der Waals surface area contributed by atoms with E-state index in [0.717, 1.165) is 11.1 Å². The number of carbonyl (C=O) groups is 2. The molecule has 0 saturated heterocycles. The molecule has 8 heteroatoms. The molecule has 0 saturated carbocycles. The number of esters is 1. The van der Waals surface area contributed by atoms with E-state index in [1.807, 2.05) is 66.7 Å². The van der Waals surface area contributed by atoms with Gasteiger partial charge in [-0.2, -0.15) is 0 Å². The Morgan fingerprint density at radius 3 is 2.26 bits per heavy atom. The number of rotatable bonds is 10. The summed E-state index contributed by atoms with van der Waals surface area (Å²) in [6, 6.07) is 0. The summed E-state index contributed by atoms with van der Waals surface area (Å²) >= 11 is 0. The van der Waals surface area contributed by atoms with E-state index in [0.29, 0.717) is 6.42 Å². The number of methoxy groups -OCH3 is 2. The monoisotopic (exact) mass is 604 g/mol. The molecule has 1 aliphatic rings. The molecule has 0 aliphatic carbocycles. The molecule has 0 aromatic rings. The van der Waals surface area contributed by atoms with E-state index in [1.165, 1.54) is 20.3 Å². The van der Waals surface area contributed by atoms with E-state index in [4.69, 9.17) is 14.2 Å². The van der Waals surface area contributed by atoms with Gasteiger partial charge < -0.3 is 29.5 Å². The van der Waals surface area contributed by atoms with Crippen molar-refractivity contribution in [2.24, 2.45) is 35.5 Å². The Kier molecular flexibility index (Phi) is 16.4. The second kappa shape index (κ2) is 18.3. The third-order valence-electron chi connectivity index (χ3n) is 8.40. The van der Waals surface area contributed by atoms with Crippen LogP contribution >= 0.6 is 0 Å². The number of ketones is 1. The lowest BCUT2D eigenvalue weighted by molar-refractivity contribution is -0.162. The van der Waals surface area contributed by atoms with E-state index < -0.39 is 48.3 Å². The lowest BCUT2D eigenvalue weighted by Gasteiger charge is -2.33. The molecule has 0 aromatic carbocycles. The van der Waals surface area contributed by atoms with Crippen molar-refractivity contribution in [2.45, 2.75) is 99.3 Å². The summed E-state index contributed by atoms with van der Waals surface area (Å²) < 4.78 is 17.0. The number of allylic oxidation sites excluding steroid dienone is 6. The number of cyclic esters (lactones) is 1. The number of hydrogen-bond donors (Lipinski definition) is 3. The minimum atomic E-state index is -1.17. The normalized spacial score (nSPS) is 31.5. The quantitative estimate of drug-likeness (QED) is 0.226. The number of aliphatic hydroxyl groups is 3. The molecule has 0 spiro atoms. The molecule has 0 radical (unpaired) electrons. The first kappa shape index (κ1) is 38.5. The lowest BCUT2D eigenvalue weighted by Crippen LogP contribution is -2.45. The van der Waals surface area contributed by atoms with Gasteiger partial charge in [0.25, 0.3) is 0 Å². The number of hydrogen-bond acceptors (Lipinski definition) is 8. The van der Waals surface area contributed by atoms with Crippen molar-refractivity contribution in [3.8, 4) is 0 Å².